The summed E-state index contributed by atoms with van der Waals surface area (Å²) in [5.74, 6) is -0.950. The largest absolute Gasteiger partial charge is 0.466 e. The predicted octanol–water partition coefficient (Wildman–Crippen LogP) is 2.74. The number of aryl methyl sites for hydroxylation is 1. The van der Waals surface area contributed by atoms with Crippen LogP contribution in [0.2, 0.25) is 0 Å². The SMILES string of the molecule is CCOC(=O)C1CCN(C(=O)c2cc(C)n(-c3ccccc3F)n2)CC1. The summed E-state index contributed by atoms with van der Waals surface area (Å²) in [6.45, 7) is 4.89. The molecule has 1 saturated heterocycles. The molecule has 2 aromatic rings. The highest BCUT2D eigenvalue weighted by Gasteiger charge is 2.29. The van der Waals surface area contributed by atoms with Crippen LogP contribution in [0.3, 0.4) is 0 Å². The van der Waals surface area contributed by atoms with E-state index < -0.39 is 5.82 Å². The molecule has 1 aromatic heterocycles. The molecule has 0 saturated carbocycles. The molecule has 1 aliphatic rings. The monoisotopic (exact) mass is 359 g/mol. The number of carbonyl (C=O) groups is 2. The second-order valence-electron chi connectivity index (χ2n) is 6.35. The molecule has 0 spiro atoms. The molecule has 1 fully saturated rings. The molecule has 0 radical (unpaired) electrons. The molecular formula is C19H22FN3O3. The van der Waals surface area contributed by atoms with Crippen molar-refractivity contribution in [2.45, 2.75) is 26.7 Å². The summed E-state index contributed by atoms with van der Waals surface area (Å²) in [4.78, 5) is 26.2. The number of nitrogens with zero attached hydrogens (tertiary/aromatic N) is 3. The highest BCUT2D eigenvalue weighted by Crippen LogP contribution is 2.21. The average Bonchev–Trinajstić information content (AvgIpc) is 3.03. The fourth-order valence-electron chi connectivity index (χ4n) is 3.19. The maximum atomic E-state index is 14.0. The molecule has 3 rings (SSSR count). The number of likely N-dealkylation sites (tertiary alicyclic amines) is 1. The van der Waals surface area contributed by atoms with E-state index in [4.69, 9.17) is 4.74 Å². The lowest BCUT2D eigenvalue weighted by molar-refractivity contribution is -0.149. The van der Waals surface area contributed by atoms with Gasteiger partial charge in [-0.1, -0.05) is 12.1 Å². The lowest BCUT2D eigenvalue weighted by Gasteiger charge is -2.30. The summed E-state index contributed by atoms with van der Waals surface area (Å²) in [7, 11) is 0. The van der Waals surface area contributed by atoms with Crippen LogP contribution in [-0.4, -0.2) is 46.3 Å². The second kappa shape index (κ2) is 7.68. The molecule has 1 aromatic carbocycles. The van der Waals surface area contributed by atoms with Gasteiger partial charge >= 0.3 is 5.97 Å². The fourth-order valence-corrected chi connectivity index (χ4v) is 3.19. The first-order chi connectivity index (χ1) is 12.5. The Hall–Kier alpha value is -2.70. The minimum atomic E-state index is -0.395. The Labute approximate surface area is 151 Å². The number of benzene rings is 1. The third kappa shape index (κ3) is 3.61. The van der Waals surface area contributed by atoms with Crippen LogP contribution in [0.25, 0.3) is 5.69 Å². The maximum Gasteiger partial charge on any atom is 0.309 e. The van der Waals surface area contributed by atoms with Crippen LogP contribution in [-0.2, 0) is 9.53 Å². The summed E-state index contributed by atoms with van der Waals surface area (Å²) < 4.78 is 20.5. The molecule has 0 bridgehead atoms. The van der Waals surface area contributed by atoms with Crippen molar-refractivity contribution in [2.24, 2.45) is 5.92 Å². The van der Waals surface area contributed by atoms with Gasteiger partial charge in [0.25, 0.3) is 5.91 Å². The maximum absolute atomic E-state index is 14.0. The van der Waals surface area contributed by atoms with Crippen LogP contribution >= 0.6 is 0 Å². The van der Waals surface area contributed by atoms with Gasteiger partial charge in [-0.15, -0.1) is 0 Å². The van der Waals surface area contributed by atoms with Gasteiger partial charge < -0.3 is 9.64 Å². The smallest absolute Gasteiger partial charge is 0.309 e. The van der Waals surface area contributed by atoms with E-state index in [1.54, 1.807) is 43.0 Å². The number of aromatic nitrogens is 2. The Morgan fingerprint density at radius 3 is 2.62 bits per heavy atom. The molecule has 1 aliphatic heterocycles. The van der Waals surface area contributed by atoms with Crippen LogP contribution in [0.5, 0.6) is 0 Å². The minimum absolute atomic E-state index is 0.156. The minimum Gasteiger partial charge on any atom is -0.466 e. The van der Waals surface area contributed by atoms with Crippen LogP contribution in [0.4, 0.5) is 4.39 Å². The van der Waals surface area contributed by atoms with Crippen molar-refractivity contribution in [3.05, 3.63) is 47.5 Å². The van der Waals surface area contributed by atoms with Crippen LogP contribution in [0, 0.1) is 18.7 Å². The van der Waals surface area contributed by atoms with Crippen LogP contribution in [0.15, 0.2) is 30.3 Å². The number of piperidine rings is 1. The van der Waals surface area contributed by atoms with Crippen molar-refractivity contribution >= 4 is 11.9 Å². The topological polar surface area (TPSA) is 64.4 Å². The van der Waals surface area contributed by atoms with E-state index in [0.717, 1.165) is 0 Å². The van der Waals surface area contributed by atoms with Gasteiger partial charge in [-0.2, -0.15) is 5.10 Å². The number of hydrogen-bond acceptors (Lipinski definition) is 4. The number of para-hydroxylation sites is 1. The van der Waals surface area contributed by atoms with Gasteiger partial charge in [0.1, 0.15) is 11.5 Å². The quantitative estimate of drug-likeness (QED) is 0.788. The second-order valence-corrected chi connectivity index (χ2v) is 6.35. The molecule has 0 aliphatic carbocycles. The number of carbonyl (C=O) groups excluding carboxylic acids is 2. The van der Waals surface area contributed by atoms with E-state index in [0.29, 0.717) is 43.9 Å². The van der Waals surface area contributed by atoms with Gasteiger partial charge in [0.15, 0.2) is 5.69 Å². The van der Waals surface area contributed by atoms with Crippen LogP contribution in [0.1, 0.15) is 35.9 Å². The average molecular weight is 359 g/mol. The zero-order valence-electron chi connectivity index (χ0n) is 14.9. The first-order valence-electron chi connectivity index (χ1n) is 8.78. The molecule has 0 unspecified atom stereocenters. The molecule has 1 amide bonds. The zero-order valence-corrected chi connectivity index (χ0v) is 14.9. The Balaban J connectivity index is 1.71. The van der Waals surface area contributed by atoms with Crippen molar-refractivity contribution in [1.82, 2.24) is 14.7 Å². The Morgan fingerprint density at radius 1 is 1.27 bits per heavy atom. The Kier molecular flexibility index (Phi) is 5.35. The van der Waals surface area contributed by atoms with Gasteiger partial charge in [-0.3, -0.25) is 9.59 Å². The number of esters is 1. The normalized spacial score (nSPS) is 15.1. The molecule has 138 valence electrons. The van der Waals surface area contributed by atoms with Crippen LogP contribution < -0.4 is 0 Å². The molecule has 2 heterocycles. The van der Waals surface area contributed by atoms with Crippen molar-refractivity contribution in [2.75, 3.05) is 19.7 Å². The number of amides is 1. The first-order valence-corrected chi connectivity index (χ1v) is 8.78. The molecule has 0 atom stereocenters. The third-order valence-electron chi connectivity index (χ3n) is 4.59. The number of ether oxygens (including phenoxy) is 1. The highest BCUT2D eigenvalue weighted by molar-refractivity contribution is 5.92. The molecule has 26 heavy (non-hydrogen) atoms. The van der Waals surface area contributed by atoms with E-state index >= 15 is 0 Å². The molecule has 0 N–H and O–H groups in total. The summed E-state index contributed by atoms with van der Waals surface area (Å²) in [5, 5.41) is 4.29. The zero-order chi connectivity index (χ0) is 18.7. The first kappa shape index (κ1) is 18.1. The summed E-state index contributed by atoms with van der Waals surface area (Å²) in [6.07, 6.45) is 1.16. The Morgan fingerprint density at radius 2 is 1.96 bits per heavy atom. The number of rotatable bonds is 4. The van der Waals surface area contributed by atoms with E-state index in [-0.39, 0.29) is 23.5 Å². The van der Waals surface area contributed by atoms with Gasteiger partial charge in [0, 0.05) is 18.8 Å². The van der Waals surface area contributed by atoms with Crippen molar-refractivity contribution < 1.29 is 18.7 Å². The lowest BCUT2D eigenvalue weighted by Crippen LogP contribution is -2.40. The van der Waals surface area contributed by atoms with E-state index in [1.165, 1.54) is 10.7 Å². The van der Waals surface area contributed by atoms with Crippen molar-refractivity contribution in [3.8, 4) is 5.69 Å². The van der Waals surface area contributed by atoms with Crippen molar-refractivity contribution in [1.29, 1.82) is 0 Å². The van der Waals surface area contributed by atoms with E-state index in [2.05, 4.69) is 5.10 Å². The molecule has 7 heteroatoms. The molecular weight excluding hydrogens is 337 g/mol. The predicted molar refractivity (Wildman–Crippen MR) is 93.5 cm³/mol. The number of halogens is 1. The lowest BCUT2D eigenvalue weighted by atomic mass is 9.97. The summed E-state index contributed by atoms with van der Waals surface area (Å²) in [5.41, 5.74) is 1.27. The number of hydrogen-bond donors (Lipinski definition) is 0. The summed E-state index contributed by atoms with van der Waals surface area (Å²) in [6, 6.07) is 7.97. The standard InChI is InChI=1S/C19H22FN3O3/c1-3-26-19(25)14-8-10-22(11-9-14)18(24)16-12-13(2)23(21-16)17-7-5-4-6-15(17)20/h4-7,12,14H,3,8-11H2,1-2H3. The van der Waals surface area contributed by atoms with E-state index in [1.807, 2.05) is 0 Å². The highest BCUT2D eigenvalue weighted by atomic mass is 19.1. The van der Waals surface area contributed by atoms with Gasteiger partial charge in [-0.05, 0) is 44.9 Å². The fraction of sp³-hybridized carbons (Fsp3) is 0.421. The summed E-state index contributed by atoms with van der Waals surface area (Å²) >= 11 is 0. The Bertz CT molecular complexity index is 810. The third-order valence-corrected chi connectivity index (χ3v) is 4.59. The van der Waals surface area contributed by atoms with Gasteiger partial charge in [-0.25, -0.2) is 9.07 Å². The molecule has 6 nitrogen and oxygen atoms in total. The van der Waals surface area contributed by atoms with Gasteiger partial charge in [0.05, 0.1) is 12.5 Å². The van der Waals surface area contributed by atoms with Crippen molar-refractivity contribution in [3.63, 3.8) is 0 Å². The van der Waals surface area contributed by atoms with E-state index in [9.17, 15) is 14.0 Å². The van der Waals surface area contributed by atoms with Gasteiger partial charge in [0.2, 0.25) is 0 Å².